The minimum atomic E-state index is -0.308. The molecule has 7 heteroatoms. The van der Waals surface area contributed by atoms with Gasteiger partial charge in [-0.25, -0.2) is 0 Å². The molecule has 1 amide bonds. The Balaban J connectivity index is 1.69. The summed E-state index contributed by atoms with van der Waals surface area (Å²) in [5.74, 6) is 0.147. The van der Waals surface area contributed by atoms with Crippen molar-refractivity contribution in [3.05, 3.63) is 99.0 Å². The second-order valence-electron chi connectivity index (χ2n) is 9.49. The molecule has 0 N–H and O–H groups in total. The van der Waals surface area contributed by atoms with Crippen molar-refractivity contribution in [1.82, 2.24) is 9.80 Å². The standard InChI is InChI=1S/C30H34Cl3N3O/c1-3-16-34(17-4-2)29(23-8-6-5-7-9-23)30(37)35-18-19-36(27-15-14-25(32)20-26(27)33)28(21-35)22-10-12-24(31)13-11-22/h5-15,20,28-29H,3-4,16-19,21H2,1-2H3. The lowest BCUT2D eigenvalue weighted by molar-refractivity contribution is -0.138. The topological polar surface area (TPSA) is 26.8 Å². The van der Waals surface area contributed by atoms with E-state index in [-0.39, 0.29) is 18.0 Å². The summed E-state index contributed by atoms with van der Waals surface area (Å²) in [5.41, 5.74) is 3.04. The van der Waals surface area contributed by atoms with E-state index >= 15 is 0 Å². The van der Waals surface area contributed by atoms with Gasteiger partial charge in [-0.05, 0) is 67.4 Å². The van der Waals surface area contributed by atoms with Crippen LogP contribution in [0.25, 0.3) is 0 Å². The van der Waals surface area contributed by atoms with E-state index < -0.39 is 0 Å². The van der Waals surface area contributed by atoms with Crippen molar-refractivity contribution in [2.45, 2.75) is 38.8 Å². The quantitative estimate of drug-likeness (QED) is 0.267. The second kappa shape index (κ2) is 13.0. The van der Waals surface area contributed by atoms with Gasteiger partial charge in [0.25, 0.3) is 0 Å². The van der Waals surface area contributed by atoms with Crippen LogP contribution in [0, 0.1) is 0 Å². The molecule has 0 saturated carbocycles. The fourth-order valence-corrected chi connectivity index (χ4v) is 5.86. The highest BCUT2D eigenvalue weighted by molar-refractivity contribution is 6.36. The van der Waals surface area contributed by atoms with Crippen LogP contribution < -0.4 is 4.90 Å². The van der Waals surface area contributed by atoms with E-state index in [4.69, 9.17) is 34.8 Å². The van der Waals surface area contributed by atoms with Crippen LogP contribution in [0.5, 0.6) is 0 Å². The molecule has 1 heterocycles. The zero-order valence-electron chi connectivity index (χ0n) is 21.4. The van der Waals surface area contributed by atoms with Crippen molar-refractivity contribution in [2.75, 3.05) is 37.6 Å². The third-order valence-electron chi connectivity index (χ3n) is 6.90. The molecule has 3 aromatic carbocycles. The van der Waals surface area contributed by atoms with Crippen LogP contribution in [0.15, 0.2) is 72.8 Å². The normalized spacial score (nSPS) is 16.8. The number of anilines is 1. The number of carbonyl (C=O) groups is 1. The van der Waals surface area contributed by atoms with Crippen molar-refractivity contribution >= 4 is 46.4 Å². The molecule has 1 saturated heterocycles. The molecule has 3 aromatic rings. The highest BCUT2D eigenvalue weighted by atomic mass is 35.5. The minimum absolute atomic E-state index is 0.0733. The van der Waals surface area contributed by atoms with Gasteiger partial charge in [-0.3, -0.25) is 9.69 Å². The van der Waals surface area contributed by atoms with Gasteiger partial charge in [0.1, 0.15) is 6.04 Å². The van der Waals surface area contributed by atoms with Gasteiger partial charge in [-0.1, -0.05) is 91.1 Å². The molecule has 37 heavy (non-hydrogen) atoms. The number of hydrogen-bond donors (Lipinski definition) is 0. The first kappa shape index (κ1) is 27.8. The first-order valence-electron chi connectivity index (χ1n) is 13.0. The van der Waals surface area contributed by atoms with Gasteiger partial charge in [-0.15, -0.1) is 0 Å². The molecule has 0 aliphatic carbocycles. The number of piperazine rings is 1. The molecule has 4 rings (SSSR count). The number of nitrogens with zero attached hydrogens (tertiary/aromatic N) is 3. The Morgan fingerprint density at radius 1 is 0.892 bits per heavy atom. The fraction of sp³-hybridized carbons (Fsp3) is 0.367. The molecule has 0 spiro atoms. The summed E-state index contributed by atoms with van der Waals surface area (Å²) in [7, 11) is 0. The summed E-state index contributed by atoms with van der Waals surface area (Å²) in [4.78, 5) is 20.9. The van der Waals surface area contributed by atoms with Crippen molar-refractivity contribution in [3.63, 3.8) is 0 Å². The number of hydrogen-bond acceptors (Lipinski definition) is 3. The molecule has 0 bridgehead atoms. The van der Waals surface area contributed by atoms with Crippen LogP contribution in [0.2, 0.25) is 15.1 Å². The van der Waals surface area contributed by atoms with Crippen LogP contribution in [0.4, 0.5) is 5.69 Å². The van der Waals surface area contributed by atoms with Gasteiger partial charge in [0, 0.05) is 29.7 Å². The third-order valence-corrected chi connectivity index (χ3v) is 7.69. The second-order valence-corrected chi connectivity index (χ2v) is 10.8. The van der Waals surface area contributed by atoms with Crippen molar-refractivity contribution < 1.29 is 4.79 Å². The Morgan fingerprint density at radius 3 is 2.16 bits per heavy atom. The van der Waals surface area contributed by atoms with Gasteiger partial charge in [-0.2, -0.15) is 0 Å². The first-order chi connectivity index (χ1) is 17.9. The van der Waals surface area contributed by atoms with Crippen LogP contribution in [-0.4, -0.2) is 48.4 Å². The lowest BCUT2D eigenvalue weighted by Gasteiger charge is -2.45. The lowest BCUT2D eigenvalue weighted by atomic mass is 9.98. The molecular weight excluding hydrogens is 525 g/mol. The maximum atomic E-state index is 14.3. The van der Waals surface area contributed by atoms with Gasteiger partial charge in [0.15, 0.2) is 0 Å². The predicted octanol–water partition coefficient (Wildman–Crippen LogP) is 7.90. The molecular formula is C30H34Cl3N3O. The largest absolute Gasteiger partial charge is 0.360 e. The van der Waals surface area contributed by atoms with E-state index in [9.17, 15) is 4.79 Å². The maximum Gasteiger partial charge on any atom is 0.244 e. The van der Waals surface area contributed by atoms with E-state index in [0.29, 0.717) is 34.7 Å². The van der Waals surface area contributed by atoms with Crippen molar-refractivity contribution in [2.24, 2.45) is 0 Å². The summed E-state index contributed by atoms with van der Waals surface area (Å²) in [5, 5.41) is 1.89. The molecule has 1 aliphatic heterocycles. The van der Waals surface area contributed by atoms with Gasteiger partial charge < -0.3 is 9.80 Å². The van der Waals surface area contributed by atoms with Gasteiger partial charge in [0.2, 0.25) is 5.91 Å². The van der Waals surface area contributed by atoms with Gasteiger partial charge in [0.05, 0.1) is 16.8 Å². The fourth-order valence-electron chi connectivity index (χ4n) is 5.22. The highest BCUT2D eigenvalue weighted by Gasteiger charge is 2.36. The van der Waals surface area contributed by atoms with E-state index in [1.54, 1.807) is 6.07 Å². The molecule has 0 radical (unpaired) electrons. The Labute approximate surface area is 235 Å². The van der Waals surface area contributed by atoms with Crippen LogP contribution >= 0.6 is 34.8 Å². The Bertz CT molecular complexity index is 1170. The minimum Gasteiger partial charge on any atom is -0.360 e. The average Bonchev–Trinajstić information content (AvgIpc) is 2.90. The third kappa shape index (κ3) is 6.61. The van der Waals surface area contributed by atoms with Crippen molar-refractivity contribution in [3.8, 4) is 0 Å². The monoisotopic (exact) mass is 557 g/mol. The van der Waals surface area contributed by atoms with Gasteiger partial charge >= 0.3 is 0 Å². The van der Waals surface area contributed by atoms with Crippen LogP contribution in [-0.2, 0) is 4.79 Å². The maximum absolute atomic E-state index is 14.3. The Hall–Kier alpha value is -2.24. The van der Waals surface area contributed by atoms with E-state index in [2.05, 4.69) is 35.8 Å². The molecule has 1 fully saturated rings. The highest BCUT2D eigenvalue weighted by Crippen LogP contribution is 2.38. The number of halogens is 3. The summed E-state index contributed by atoms with van der Waals surface area (Å²) in [6, 6.07) is 23.3. The first-order valence-corrected chi connectivity index (χ1v) is 14.1. The zero-order valence-corrected chi connectivity index (χ0v) is 23.7. The predicted molar refractivity (Wildman–Crippen MR) is 156 cm³/mol. The van der Waals surface area contributed by atoms with Crippen LogP contribution in [0.3, 0.4) is 0 Å². The summed E-state index contributed by atoms with van der Waals surface area (Å²) in [6.07, 6.45) is 1.99. The van der Waals surface area contributed by atoms with E-state index in [0.717, 1.165) is 42.7 Å². The van der Waals surface area contributed by atoms with Crippen LogP contribution in [0.1, 0.15) is 49.9 Å². The van der Waals surface area contributed by atoms with E-state index in [1.165, 1.54) is 0 Å². The Kier molecular flexibility index (Phi) is 9.77. The summed E-state index contributed by atoms with van der Waals surface area (Å²) < 4.78 is 0. The van der Waals surface area contributed by atoms with Crippen molar-refractivity contribution in [1.29, 1.82) is 0 Å². The molecule has 4 nitrogen and oxygen atoms in total. The lowest BCUT2D eigenvalue weighted by Crippen LogP contribution is -2.53. The van der Waals surface area contributed by atoms with E-state index in [1.807, 2.05) is 59.5 Å². The molecule has 0 aromatic heterocycles. The molecule has 1 aliphatic rings. The smallest absolute Gasteiger partial charge is 0.244 e. The summed E-state index contributed by atoms with van der Waals surface area (Å²) >= 11 is 19.0. The number of benzene rings is 3. The average molecular weight is 559 g/mol. The Morgan fingerprint density at radius 2 is 1.54 bits per heavy atom. The molecule has 196 valence electrons. The number of amides is 1. The molecule has 2 unspecified atom stereocenters. The number of carbonyl (C=O) groups excluding carboxylic acids is 1. The zero-order chi connectivity index (χ0) is 26.4. The molecule has 2 atom stereocenters. The SMILES string of the molecule is CCCN(CCC)C(C(=O)N1CCN(c2ccc(Cl)cc2Cl)C(c2ccc(Cl)cc2)C1)c1ccccc1. The summed E-state index contributed by atoms with van der Waals surface area (Å²) in [6.45, 7) is 7.90. The number of rotatable bonds is 9.